The molecule has 0 aliphatic carbocycles. The number of hydrogen-bond acceptors (Lipinski definition) is 3. The molecule has 0 bridgehead atoms. The number of aromatic nitrogens is 1. The summed E-state index contributed by atoms with van der Waals surface area (Å²) >= 11 is 5.85. The summed E-state index contributed by atoms with van der Waals surface area (Å²) in [5, 5.41) is 6.90. The SMILES string of the molecule is O=C(Cc1ccc(Cl)cc1)Nc1ccc(NCc2ccncc2)cc1. The second-order valence-electron chi connectivity index (χ2n) is 5.64. The van der Waals surface area contributed by atoms with Gasteiger partial charge in [-0.25, -0.2) is 0 Å². The summed E-state index contributed by atoms with van der Waals surface area (Å²) < 4.78 is 0. The molecule has 3 aromatic rings. The predicted octanol–water partition coefficient (Wildman–Crippen LogP) is 4.53. The van der Waals surface area contributed by atoms with Crippen molar-refractivity contribution in [2.75, 3.05) is 10.6 Å². The van der Waals surface area contributed by atoms with Crippen molar-refractivity contribution >= 4 is 28.9 Å². The predicted molar refractivity (Wildman–Crippen MR) is 102 cm³/mol. The van der Waals surface area contributed by atoms with Gasteiger partial charge >= 0.3 is 0 Å². The Balaban J connectivity index is 1.51. The van der Waals surface area contributed by atoms with E-state index in [0.29, 0.717) is 11.4 Å². The molecule has 0 aliphatic heterocycles. The van der Waals surface area contributed by atoms with Gasteiger partial charge in [-0.05, 0) is 59.7 Å². The molecule has 0 saturated heterocycles. The Kier molecular flexibility index (Phi) is 5.65. The zero-order chi connectivity index (χ0) is 17.5. The van der Waals surface area contributed by atoms with Crippen molar-refractivity contribution in [3.05, 3.63) is 89.2 Å². The van der Waals surface area contributed by atoms with Crippen LogP contribution in [-0.4, -0.2) is 10.9 Å². The van der Waals surface area contributed by atoms with E-state index in [1.54, 1.807) is 24.5 Å². The van der Waals surface area contributed by atoms with Gasteiger partial charge in [0.05, 0.1) is 6.42 Å². The highest BCUT2D eigenvalue weighted by molar-refractivity contribution is 6.30. The first-order chi connectivity index (χ1) is 12.2. The van der Waals surface area contributed by atoms with Gasteiger partial charge in [0.1, 0.15) is 0 Å². The standard InChI is InChI=1S/C20H18ClN3O/c21-17-3-1-15(2-4-17)13-20(25)24-19-7-5-18(6-8-19)23-14-16-9-11-22-12-10-16/h1-12,23H,13-14H2,(H,24,25). The average Bonchev–Trinajstić information content (AvgIpc) is 2.64. The van der Waals surface area contributed by atoms with Crippen molar-refractivity contribution in [1.29, 1.82) is 0 Å². The summed E-state index contributed by atoms with van der Waals surface area (Å²) in [5.41, 5.74) is 3.86. The minimum Gasteiger partial charge on any atom is -0.381 e. The number of halogens is 1. The van der Waals surface area contributed by atoms with E-state index in [4.69, 9.17) is 11.6 Å². The van der Waals surface area contributed by atoms with E-state index in [2.05, 4.69) is 15.6 Å². The normalized spacial score (nSPS) is 10.3. The minimum absolute atomic E-state index is 0.0557. The number of rotatable bonds is 6. The Morgan fingerprint density at radius 1 is 0.840 bits per heavy atom. The minimum atomic E-state index is -0.0557. The van der Waals surface area contributed by atoms with Crippen LogP contribution in [0.4, 0.5) is 11.4 Å². The second-order valence-corrected chi connectivity index (χ2v) is 6.07. The van der Waals surface area contributed by atoms with Crippen LogP contribution in [0.5, 0.6) is 0 Å². The van der Waals surface area contributed by atoms with Crippen molar-refractivity contribution < 1.29 is 4.79 Å². The third-order valence-corrected chi connectivity index (χ3v) is 3.94. The highest BCUT2D eigenvalue weighted by atomic mass is 35.5. The van der Waals surface area contributed by atoms with Crippen molar-refractivity contribution in [1.82, 2.24) is 4.98 Å². The molecular weight excluding hydrogens is 334 g/mol. The van der Waals surface area contributed by atoms with Gasteiger partial charge in [-0.15, -0.1) is 0 Å². The lowest BCUT2D eigenvalue weighted by atomic mass is 10.1. The van der Waals surface area contributed by atoms with Crippen LogP contribution in [-0.2, 0) is 17.8 Å². The van der Waals surface area contributed by atoms with E-state index in [1.807, 2.05) is 48.5 Å². The molecule has 1 aromatic heterocycles. The van der Waals surface area contributed by atoms with E-state index in [1.165, 1.54) is 0 Å². The lowest BCUT2D eigenvalue weighted by Gasteiger charge is -2.09. The molecule has 2 N–H and O–H groups in total. The Morgan fingerprint density at radius 3 is 2.16 bits per heavy atom. The molecule has 0 saturated carbocycles. The molecule has 126 valence electrons. The monoisotopic (exact) mass is 351 g/mol. The smallest absolute Gasteiger partial charge is 0.228 e. The molecule has 0 unspecified atom stereocenters. The van der Waals surface area contributed by atoms with Crippen LogP contribution in [0.15, 0.2) is 73.1 Å². The van der Waals surface area contributed by atoms with Gasteiger partial charge in [0.25, 0.3) is 0 Å². The van der Waals surface area contributed by atoms with Gasteiger partial charge < -0.3 is 10.6 Å². The van der Waals surface area contributed by atoms with Crippen LogP contribution in [0.3, 0.4) is 0 Å². The number of nitrogens with one attached hydrogen (secondary N) is 2. The fraction of sp³-hybridized carbons (Fsp3) is 0.100. The molecule has 3 rings (SSSR count). The lowest BCUT2D eigenvalue weighted by Crippen LogP contribution is -2.14. The summed E-state index contributed by atoms with van der Waals surface area (Å²) in [5.74, 6) is -0.0557. The van der Waals surface area contributed by atoms with Gasteiger partial charge in [0.2, 0.25) is 5.91 Å². The number of nitrogens with zero attached hydrogens (tertiary/aromatic N) is 1. The van der Waals surface area contributed by atoms with Crippen molar-refractivity contribution in [2.24, 2.45) is 0 Å². The Bertz CT molecular complexity index is 818. The number of amides is 1. The number of hydrogen-bond donors (Lipinski definition) is 2. The molecule has 0 fully saturated rings. The zero-order valence-electron chi connectivity index (χ0n) is 13.6. The van der Waals surface area contributed by atoms with Gasteiger partial charge in [-0.1, -0.05) is 23.7 Å². The number of carbonyl (C=O) groups is 1. The molecule has 0 radical (unpaired) electrons. The summed E-state index contributed by atoms with van der Waals surface area (Å²) in [6, 6.07) is 18.9. The van der Waals surface area contributed by atoms with Crippen molar-refractivity contribution in [3.63, 3.8) is 0 Å². The Hall–Kier alpha value is -2.85. The summed E-state index contributed by atoms with van der Waals surface area (Å²) in [6.45, 7) is 0.727. The number of anilines is 2. The van der Waals surface area contributed by atoms with E-state index in [-0.39, 0.29) is 5.91 Å². The van der Waals surface area contributed by atoms with Crippen LogP contribution in [0.1, 0.15) is 11.1 Å². The molecule has 1 heterocycles. The quantitative estimate of drug-likeness (QED) is 0.686. The van der Waals surface area contributed by atoms with Gasteiger partial charge in [-0.3, -0.25) is 9.78 Å². The van der Waals surface area contributed by atoms with E-state index < -0.39 is 0 Å². The average molecular weight is 352 g/mol. The molecule has 5 heteroatoms. The molecule has 2 aromatic carbocycles. The largest absolute Gasteiger partial charge is 0.381 e. The third kappa shape index (κ3) is 5.33. The molecule has 0 atom stereocenters. The third-order valence-electron chi connectivity index (χ3n) is 3.69. The topological polar surface area (TPSA) is 54.0 Å². The summed E-state index contributed by atoms with van der Waals surface area (Å²) in [6.07, 6.45) is 3.87. The highest BCUT2D eigenvalue weighted by Gasteiger charge is 2.04. The fourth-order valence-electron chi connectivity index (χ4n) is 2.37. The fourth-order valence-corrected chi connectivity index (χ4v) is 2.49. The van der Waals surface area contributed by atoms with E-state index in [0.717, 1.165) is 29.0 Å². The summed E-state index contributed by atoms with van der Waals surface area (Å²) in [4.78, 5) is 16.1. The molecule has 4 nitrogen and oxygen atoms in total. The van der Waals surface area contributed by atoms with Crippen molar-refractivity contribution in [2.45, 2.75) is 13.0 Å². The van der Waals surface area contributed by atoms with Crippen LogP contribution >= 0.6 is 11.6 Å². The van der Waals surface area contributed by atoms with Gasteiger partial charge in [0.15, 0.2) is 0 Å². The first kappa shape index (κ1) is 17.0. The number of pyridine rings is 1. The first-order valence-electron chi connectivity index (χ1n) is 7.96. The van der Waals surface area contributed by atoms with Crippen LogP contribution < -0.4 is 10.6 Å². The molecular formula is C20H18ClN3O. The van der Waals surface area contributed by atoms with Gasteiger partial charge in [0, 0.05) is 35.3 Å². The van der Waals surface area contributed by atoms with Crippen LogP contribution in [0, 0.1) is 0 Å². The number of benzene rings is 2. The van der Waals surface area contributed by atoms with E-state index >= 15 is 0 Å². The molecule has 25 heavy (non-hydrogen) atoms. The maximum absolute atomic E-state index is 12.1. The zero-order valence-corrected chi connectivity index (χ0v) is 14.3. The Labute approximate surface area is 151 Å². The maximum Gasteiger partial charge on any atom is 0.228 e. The highest BCUT2D eigenvalue weighted by Crippen LogP contribution is 2.15. The second kappa shape index (κ2) is 8.31. The van der Waals surface area contributed by atoms with E-state index in [9.17, 15) is 4.79 Å². The van der Waals surface area contributed by atoms with Gasteiger partial charge in [-0.2, -0.15) is 0 Å². The molecule has 0 spiro atoms. The maximum atomic E-state index is 12.1. The Morgan fingerprint density at radius 2 is 1.48 bits per heavy atom. The lowest BCUT2D eigenvalue weighted by molar-refractivity contribution is -0.115. The van der Waals surface area contributed by atoms with Crippen LogP contribution in [0.2, 0.25) is 5.02 Å². The molecule has 1 amide bonds. The first-order valence-corrected chi connectivity index (χ1v) is 8.34. The van der Waals surface area contributed by atoms with Crippen LogP contribution in [0.25, 0.3) is 0 Å². The summed E-state index contributed by atoms with van der Waals surface area (Å²) in [7, 11) is 0. The molecule has 0 aliphatic rings. The van der Waals surface area contributed by atoms with Crippen molar-refractivity contribution in [3.8, 4) is 0 Å². The number of carbonyl (C=O) groups excluding carboxylic acids is 1.